The maximum Gasteiger partial charge on any atom is 0.287 e. The Kier molecular flexibility index (Phi) is 3.41. The number of alkyl halides is 2. The van der Waals surface area contributed by atoms with Crippen molar-refractivity contribution in [2.75, 3.05) is 24.2 Å². The highest BCUT2D eigenvalue weighted by Gasteiger charge is 2.27. The lowest BCUT2D eigenvalue weighted by Crippen LogP contribution is -2.31. The molecule has 1 rings (SSSR count). The molecule has 1 aromatic carbocycles. The Morgan fingerprint density at radius 2 is 2.00 bits per heavy atom. The van der Waals surface area contributed by atoms with Crippen LogP contribution in [0.5, 0.6) is 0 Å². The zero-order valence-electron chi connectivity index (χ0n) is 7.80. The first-order valence-electron chi connectivity index (χ1n) is 4.21. The van der Waals surface area contributed by atoms with Gasteiger partial charge < -0.3 is 16.2 Å². The van der Waals surface area contributed by atoms with Gasteiger partial charge in [0.15, 0.2) is 0 Å². The second kappa shape index (κ2) is 4.39. The minimum Gasteiger partial charge on any atom is -0.399 e. The predicted octanol–water partition coefficient (Wildman–Crippen LogP) is 1.45. The van der Waals surface area contributed by atoms with Crippen molar-refractivity contribution in [2.45, 2.75) is 5.92 Å². The van der Waals surface area contributed by atoms with E-state index < -0.39 is 24.9 Å². The number of nitrogens with one attached hydrogen (secondary N) is 1. The number of nitrogen functional groups attached to an aromatic ring is 1. The van der Waals surface area contributed by atoms with Crippen LogP contribution in [-0.4, -0.2) is 24.2 Å². The molecular weight excluding hydrogens is 209 g/mol. The molecule has 1 aromatic rings. The van der Waals surface area contributed by atoms with E-state index in [0.717, 1.165) is 12.1 Å². The second-order valence-electron chi connectivity index (χ2n) is 3.14. The number of rotatable bonds is 4. The van der Waals surface area contributed by atoms with E-state index in [1.54, 1.807) is 0 Å². The highest BCUT2D eigenvalue weighted by Crippen LogP contribution is 2.18. The molecule has 0 fully saturated rings. The number of benzene rings is 1. The molecule has 0 spiro atoms. The van der Waals surface area contributed by atoms with Gasteiger partial charge in [-0.3, -0.25) is 0 Å². The van der Waals surface area contributed by atoms with Crippen molar-refractivity contribution in [3.05, 3.63) is 24.0 Å². The highest BCUT2D eigenvalue weighted by molar-refractivity contribution is 5.54. The molecule has 0 aliphatic heterocycles. The molecule has 0 saturated heterocycles. The van der Waals surface area contributed by atoms with E-state index in [0.29, 0.717) is 0 Å². The lowest BCUT2D eigenvalue weighted by Gasteiger charge is -2.15. The molecule has 15 heavy (non-hydrogen) atoms. The van der Waals surface area contributed by atoms with Crippen LogP contribution in [0.1, 0.15) is 0 Å². The Hall–Kier alpha value is -1.43. The van der Waals surface area contributed by atoms with Crippen molar-refractivity contribution in [1.29, 1.82) is 0 Å². The summed E-state index contributed by atoms with van der Waals surface area (Å²) in [4.78, 5) is 0. The molecule has 0 unspecified atom stereocenters. The third-order valence-electron chi connectivity index (χ3n) is 1.70. The Morgan fingerprint density at radius 1 is 1.33 bits per heavy atom. The van der Waals surface area contributed by atoms with Gasteiger partial charge in [-0.05, 0) is 18.2 Å². The summed E-state index contributed by atoms with van der Waals surface area (Å²) < 4.78 is 38.0. The summed E-state index contributed by atoms with van der Waals surface area (Å²) in [7, 11) is 0. The van der Waals surface area contributed by atoms with E-state index in [-0.39, 0.29) is 11.4 Å². The smallest absolute Gasteiger partial charge is 0.287 e. The summed E-state index contributed by atoms with van der Waals surface area (Å²) in [6.45, 7) is -2.03. The summed E-state index contributed by atoms with van der Waals surface area (Å²) in [5.74, 6) is -3.84. The first kappa shape index (κ1) is 11.6. The number of aliphatic hydroxyl groups excluding tert-OH is 1. The van der Waals surface area contributed by atoms with Gasteiger partial charge >= 0.3 is 0 Å². The van der Waals surface area contributed by atoms with Crippen LogP contribution in [0.25, 0.3) is 0 Å². The number of hydrogen-bond acceptors (Lipinski definition) is 3. The number of aliphatic hydroxyl groups is 1. The van der Waals surface area contributed by atoms with Gasteiger partial charge in [0.2, 0.25) is 0 Å². The monoisotopic (exact) mass is 220 g/mol. The summed E-state index contributed by atoms with van der Waals surface area (Å²) in [5.41, 5.74) is 5.61. The van der Waals surface area contributed by atoms with Crippen molar-refractivity contribution in [3.63, 3.8) is 0 Å². The maximum absolute atomic E-state index is 12.8. The minimum atomic E-state index is -3.24. The van der Waals surface area contributed by atoms with Gasteiger partial charge in [-0.1, -0.05) is 0 Å². The second-order valence-corrected chi connectivity index (χ2v) is 3.14. The fraction of sp³-hybridized carbons (Fsp3) is 0.333. The van der Waals surface area contributed by atoms with Crippen molar-refractivity contribution < 1.29 is 18.3 Å². The van der Waals surface area contributed by atoms with Crippen LogP contribution in [-0.2, 0) is 0 Å². The normalized spacial score (nSPS) is 11.5. The number of nitrogens with two attached hydrogens (primary N) is 1. The summed E-state index contributed by atoms with van der Waals surface area (Å²) in [6, 6.07) is 3.45. The lowest BCUT2D eigenvalue weighted by molar-refractivity contribution is -0.0372. The van der Waals surface area contributed by atoms with Crippen LogP contribution in [0.3, 0.4) is 0 Å². The van der Waals surface area contributed by atoms with Gasteiger partial charge in [0.25, 0.3) is 5.92 Å². The fourth-order valence-corrected chi connectivity index (χ4v) is 1.00. The third kappa shape index (κ3) is 3.67. The molecule has 4 N–H and O–H groups in total. The first-order chi connectivity index (χ1) is 6.93. The number of hydrogen-bond donors (Lipinski definition) is 3. The number of anilines is 2. The standard InChI is InChI=1S/C9H11F3N2O/c10-6-1-7(13)3-8(2-6)14-4-9(11,12)5-15/h1-3,14-15H,4-5,13H2. The Labute approximate surface area is 84.7 Å². The Bertz CT molecular complexity index is 324. The fourth-order valence-electron chi connectivity index (χ4n) is 1.00. The third-order valence-corrected chi connectivity index (χ3v) is 1.70. The molecule has 0 radical (unpaired) electrons. The maximum atomic E-state index is 12.8. The van der Waals surface area contributed by atoms with Crippen LogP contribution in [0.2, 0.25) is 0 Å². The predicted molar refractivity (Wildman–Crippen MR) is 51.3 cm³/mol. The molecule has 0 atom stereocenters. The van der Waals surface area contributed by atoms with E-state index in [4.69, 9.17) is 10.8 Å². The van der Waals surface area contributed by atoms with E-state index >= 15 is 0 Å². The van der Waals surface area contributed by atoms with Gasteiger partial charge in [0.1, 0.15) is 12.4 Å². The minimum absolute atomic E-state index is 0.143. The largest absolute Gasteiger partial charge is 0.399 e. The van der Waals surface area contributed by atoms with Gasteiger partial charge in [0.05, 0.1) is 6.54 Å². The summed E-state index contributed by atoms with van der Waals surface area (Å²) in [6.07, 6.45) is 0. The molecule has 84 valence electrons. The molecule has 0 heterocycles. The summed E-state index contributed by atoms with van der Waals surface area (Å²) in [5, 5.41) is 10.6. The quantitative estimate of drug-likeness (QED) is 0.673. The first-order valence-corrected chi connectivity index (χ1v) is 4.21. The molecule has 0 aliphatic rings. The molecule has 3 nitrogen and oxygen atoms in total. The molecule has 0 aromatic heterocycles. The average molecular weight is 220 g/mol. The van der Waals surface area contributed by atoms with Crippen molar-refractivity contribution in [1.82, 2.24) is 0 Å². The van der Waals surface area contributed by atoms with Gasteiger partial charge in [-0.2, -0.15) is 0 Å². The number of halogens is 3. The summed E-state index contributed by atoms with van der Waals surface area (Å²) >= 11 is 0. The van der Waals surface area contributed by atoms with E-state index in [1.807, 2.05) is 0 Å². The van der Waals surface area contributed by atoms with Crippen molar-refractivity contribution in [2.24, 2.45) is 0 Å². The van der Waals surface area contributed by atoms with Crippen LogP contribution in [0, 0.1) is 5.82 Å². The SMILES string of the molecule is Nc1cc(F)cc(NCC(F)(F)CO)c1. The van der Waals surface area contributed by atoms with E-state index in [2.05, 4.69) is 5.32 Å². The van der Waals surface area contributed by atoms with Crippen molar-refractivity contribution >= 4 is 11.4 Å². The lowest BCUT2D eigenvalue weighted by atomic mass is 10.2. The molecule has 0 amide bonds. The highest BCUT2D eigenvalue weighted by atomic mass is 19.3. The van der Waals surface area contributed by atoms with Gasteiger partial charge in [-0.25, -0.2) is 13.2 Å². The Morgan fingerprint density at radius 3 is 2.53 bits per heavy atom. The molecule has 0 bridgehead atoms. The Balaban J connectivity index is 2.65. The van der Waals surface area contributed by atoms with Crippen LogP contribution in [0.4, 0.5) is 24.5 Å². The molecule has 0 saturated carbocycles. The van der Waals surface area contributed by atoms with E-state index in [1.165, 1.54) is 6.07 Å². The topological polar surface area (TPSA) is 58.3 Å². The van der Waals surface area contributed by atoms with Crippen LogP contribution < -0.4 is 11.1 Å². The average Bonchev–Trinajstić information content (AvgIpc) is 2.14. The molecular formula is C9H11F3N2O. The van der Waals surface area contributed by atoms with Gasteiger partial charge in [-0.15, -0.1) is 0 Å². The van der Waals surface area contributed by atoms with Crippen LogP contribution in [0.15, 0.2) is 18.2 Å². The van der Waals surface area contributed by atoms with E-state index in [9.17, 15) is 13.2 Å². The van der Waals surface area contributed by atoms with Crippen molar-refractivity contribution in [3.8, 4) is 0 Å². The molecule has 0 aliphatic carbocycles. The van der Waals surface area contributed by atoms with Crippen LogP contribution >= 0.6 is 0 Å². The zero-order valence-corrected chi connectivity index (χ0v) is 7.80. The zero-order chi connectivity index (χ0) is 11.5. The van der Waals surface area contributed by atoms with Gasteiger partial charge in [0, 0.05) is 11.4 Å². The molecule has 6 heteroatoms.